The molecule has 1 aromatic rings. The van der Waals surface area contributed by atoms with Gasteiger partial charge in [0.15, 0.2) is 5.96 Å². The van der Waals surface area contributed by atoms with Crippen molar-refractivity contribution in [1.82, 2.24) is 10.6 Å². The lowest BCUT2D eigenvalue weighted by Crippen LogP contribution is -2.46. The van der Waals surface area contributed by atoms with Gasteiger partial charge in [-0.15, -0.1) is 24.0 Å². The molecule has 6 heteroatoms. The minimum absolute atomic E-state index is 0. The topological polar surface area (TPSA) is 54.9 Å². The van der Waals surface area contributed by atoms with Crippen LogP contribution < -0.4 is 15.4 Å². The maximum Gasteiger partial charge on any atom is 0.191 e. The molecule has 0 aliphatic heterocycles. The molecule has 1 saturated carbocycles. The Hall–Kier alpha value is -1.02. The van der Waals surface area contributed by atoms with E-state index >= 15 is 0 Å². The second-order valence-electron chi connectivity index (χ2n) is 7.34. The Bertz CT molecular complexity index is 589. The summed E-state index contributed by atoms with van der Waals surface area (Å²) in [7, 11) is 3.60. The van der Waals surface area contributed by atoms with Crippen LogP contribution in [0.2, 0.25) is 0 Å². The van der Waals surface area contributed by atoms with Gasteiger partial charge in [-0.3, -0.25) is 4.99 Å². The summed E-state index contributed by atoms with van der Waals surface area (Å²) in [4.78, 5) is 4.38. The van der Waals surface area contributed by atoms with E-state index in [1.54, 1.807) is 7.11 Å². The highest BCUT2D eigenvalue weighted by Gasteiger charge is 2.36. The molecule has 154 valence electrons. The van der Waals surface area contributed by atoms with E-state index < -0.39 is 0 Å². The summed E-state index contributed by atoms with van der Waals surface area (Å²) >= 11 is 0. The summed E-state index contributed by atoms with van der Waals surface area (Å²) in [5, 5.41) is 6.93. The monoisotopic (exact) mass is 489 g/mol. The highest BCUT2D eigenvalue weighted by molar-refractivity contribution is 14.0. The van der Waals surface area contributed by atoms with Crippen LogP contribution in [-0.4, -0.2) is 39.9 Å². The van der Waals surface area contributed by atoms with Gasteiger partial charge in [0.25, 0.3) is 0 Å². The van der Waals surface area contributed by atoms with Gasteiger partial charge in [0.1, 0.15) is 5.75 Å². The van der Waals surface area contributed by atoms with Crippen molar-refractivity contribution in [1.29, 1.82) is 0 Å². The zero-order chi connectivity index (χ0) is 18.8. The summed E-state index contributed by atoms with van der Waals surface area (Å²) in [6.45, 7) is 7.43. The first-order valence-electron chi connectivity index (χ1n) is 9.78. The van der Waals surface area contributed by atoms with E-state index in [-0.39, 0.29) is 24.0 Å². The first-order valence-corrected chi connectivity index (χ1v) is 9.78. The molecule has 0 heterocycles. The Kier molecular flexibility index (Phi) is 11.1. The van der Waals surface area contributed by atoms with Gasteiger partial charge in [-0.2, -0.15) is 0 Å². The Morgan fingerprint density at radius 1 is 1.22 bits per heavy atom. The molecule has 0 aromatic heterocycles. The van der Waals surface area contributed by atoms with Crippen LogP contribution >= 0.6 is 24.0 Å². The first-order chi connectivity index (χ1) is 12.6. The molecule has 0 radical (unpaired) electrons. The van der Waals surface area contributed by atoms with Gasteiger partial charge in [-0.25, -0.2) is 0 Å². The fourth-order valence-electron chi connectivity index (χ4n) is 3.34. The second-order valence-corrected chi connectivity index (χ2v) is 7.34. The number of halogens is 1. The predicted octanol–water partition coefficient (Wildman–Crippen LogP) is 4.27. The Balaban J connectivity index is 0.00000364. The van der Waals surface area contributed by atoms with E-state index in [4.69, 9.17) is 9.47 Å². The zero-order valence-electron chi connectivity index (χ0n) is 17.3. The summed E-state index contributed by atoms with van der Waals surface area (Å²) in [6, 6.07) is 6.36. The number of aliphatic imine (C=N–C) groups is 1. The van der Waals surface area contributed by atoms with E-state index in [1.807, 2.05) is 7.05 Å². The van der Waals surface area contributed by atoms with Crippen LogP contribution in [0.3, 0.4) is 0 Å². The van der Waals surface area contributed by atoms with Crippen LogP contribution in [-0.2, 0) is 11.3 Å². The molecule has 2 N–H and O–H groups in total. The Labute approximate surface area is 181 Å². The molecule has 1 aliphatic rings. The molecule has 1 fully saturated rings. The lowest BCUT2D eigenvalue weighted by atomic mass is 9.67. The van der Waals surface area contributed by atoms with Crippen LogP contribution in [0.15, 0.2) is 23.2 Å². The van der Waals surface area contributed by atoms with Crippen molar-refractivity contribution in [3.8, 4) is 5.75 Å². The average Bonchev–Trinajstić information content (AvgIpc) is 2.62. The molecule has 1 aliphatic carbocycles. The SMILES string of the molecule is CCCOc1cc(C)ccc1CNC(=NC)NCC1(CCOC)CCC1.I. The van der Waals surface area contributed by atoms with Gasteiger partial charge >= 0.3 is 0 Å². The zero-order valence-corrected chi connectivity index (χ0v) is 19.6. The van der Waals surface area contributed by atoms with Crippen LogP contribution in [0.4, 0.5) is 0 Å². The second kappa shape index (κ2) is 12.4. The third kappa shape index (κ3) is 7.49. The molecule has 0 spiro atoms. The van der Waals surface area contributed by atoms with Crippen molar-refractivity contribution in [3.63, 3.8) is 0 Å². The fourth-order valence-corrected chi connectivity index (χ4v) is 3.34. The van der Waals surface area contributed by atoms with Gasteiger partial charge in [-0.05, 0) is 49.7 Å². The molecule has 0 saturated heterocycles. The summed E-state index contributed by atoms with van der Waals surface area (Å²) in [5.74, 6) is 1.81. The summed E-state index contributed by atoms with van der Waals surface area (Å²) in [5.41, 5.74) is 2.74. The minimum atomic E-state index is 0. The van der Waals surface area contributed by atoms with Crippen molar-refractivity contribution >= 4 is 29.9 Å². The number of benzene rings is 1. The van der Waals surface area contributed by atoms with Gasteiger partial charge in [0.2, 0.25) is 0 Å². The van der Waals surface area contributed by atoms with Crippen LogP contribution in [0.25, 0.3) is 0 Å². The number of rotatable bonds is 10. The van der Waals surface area contributed by atoms with Gasteiger partial charge in [-0.1, -0.05) is 25.5 Å². The molecule has 0 atom stereocenters. The molecule has 2 rings (SSSR count). The van der Waals surface area contributed by atoms with Crippen LogP contribution in [0.1, 0.15) is 50.2 Å². The summed E-state index contributed by atoms with van der Waals surface area (Å²) < 4.78 is 11.2. The Morgan fingerprint density at radius 2 is 2.00 bits per heavy atom. The number of methoxy groups -OCH3 is 1. The van der Waals surface area contributed by atoms with E-state index in [2.05, 4.69) is 47.7 Å². The van der Waals surface area contributed by atoms with Crippen LogP contribution in [0, 0.1) is 12.3 Å². The molecule has 1 aromatic carbocycles. The summed E-state index contributed by atoms with van der Waals surface area (Å²) in [6.07, 6.45) is 5.98. The number of ether oxygens (including phenoxy) is 2. The largest absolute Gasteiger partial charge is 0.493 e. The first kappa shape index (κ1) is 24.0. The number of hydrogen-bond donors (Lipinski definition) is 2. The van der Waals surface area contributed by atoms with Gasteiger partial charge < -0.3 is 20.1 Å². The molecular formula is C21H36IN3O2. The molecule has 0 unspecified atom stereocenters. The minimum Gasteiger partial charge on any atom is -0.493 e. The predicted molar refractivity (Wildman–Crippen MR) is 123 cm³/mol. The third-order valence-corrected chi connectivity index (χ3v) is 5.24. The highest BCUT2D eigenvalue weighted by Crippen LogP contribution is 2.43. The molecule has 0 amide bonds. The van der Waals surface area contributed by atoms with E-state index in [0.717, 1.165) is 49.9 Å². The van der Waals surface area contributed by atoms with Crippen molar-refractivity contribution in [3.05, 3.63) is 29.3 Å². The van der Waals surface area contributed by atoms with Crippen LogP contribution in [0.5, 0.6) is 5.75 Å². The number of aryl methyl sites for hydroxylation is 1. The standard InChI is InChI=1S/C21H35N3O2.HI/c1-5-12-26-19-14-17(2)7-8-18(19)15-23-20(22-3)24-16-21(9-6-10-21)11-13-25-4;/h7-8,14H,5-6,9-13,15-16H2,1-4H3,(H2,22,23,24);1H. The fraction of sp³-hybridized carbons (Fsp3) is 0.667. The lowest BCUT2D eigenvalue weighted by molar-refractivity contribution is 0.0732. The highest BCUT2D eigenvalue weighted by atomic mass is 127. The average molecular weight is 489 g/mol. The number of guanidine groups is 1. The van der Waals surface area contributed by atoms with E-state index in [0.29, 0.717) is 12.0 Å². The third-order valence-electron chi connectivity index (χ3n) is 5.24. The normalized spacial score (nSPS) is 15.5. The molecule has 0 bridgehead atoms. The molecule has 27 heavy (non-hydrogen) atoms. The maximum atomic E-state index is 5.90. The van der Waals surface area contributed by atoms with Gasteiger partial charge in [0, 0.05) is 39.4 Å². The Morgan fingerprint density at radius 3 is 2.59 bits per heavy atom. The smallest absolute Gasteiger partial charge is 0.191 e. The van der Waals surface area contributed by atoms with Crippen molar-refractivity contribution in [2.45, 2.75) is 52.5 Å². The number of nitrogens with one attached hydrogen (secondary N) is 2. The molecule has 5 nitrogen and oxygen atoms in total. The van der Waals surface area contributed by atoms with Gasteiger partial charge in [0.05, 0.1) is 6.61 Å². The van der Waals surface area contributed by atoms with Crippen molar-refractivity contribution in [2.75, 3.05) is 33.9 Å². The molecular weight excluding hydrogens is 453 g/mol. The van der Waals surface area contributed by atoms with E-state index in [1.165, 1.54) is 24.8 Å². The van der Waals surface area contributed by atoms with Crippen molar-refractivity contribution < 1.29 is 9.47 Å². The maximum absolute atomic E-state index is 5.90. The number of hydrogen-bond acceptors (Lipinski definition) is 3. The number of nitrogens with zero attached hydrogens (tertiary/aromatic N) is 1. The lowest BCUT2D eigenvalue weighted by Gasteiger charge is -2.42. The van der Waals surface area contributed by atoms with E-state index in [9.17, 15) is 0 Å². The quantitative estimate of drug-likeness (QED) is 0.293. The van der Waals surface area contributed by atoms with Crippen molar-refractivity contribution in [2.24, 2.45) is 10.4 Å².